The molecule has 1 fully saturated rings. The summed E-state index contributed by atoms with van der Waals surface area (Å²) in [6, 6.07) is 8.25. The first kappa shape index (κ1) is 21.0. The van der Waals surface area contributed by atoms with E-state index in [9.17, 15) is 14.0 Å². The van der Waals surface area contributed by atoms with E-state index >= 15 is 0 Å². The van der Waals surface area contributed by atoms with Crippen LogP contribution in [0.4, 0.5) is 4.39 Å². The smallest absolute Gasteiger partial charge is 0.225 e. The van der Waals surface area contributed by atoms with Crippen LogP contribution in [0.5, 0.6) is 0 Å². The van der Waals surface area contributed by atoms with E-state index in [2.05, 4.69) is 24.3 Å². The van der Waals surface area contributed by atoms with E-state index in [4.69, 9.17) is 4.52 Å². The van der Waals surface area contributed by atoms with Gasteiger partial charge in [-0.3, -0.25) is 9.59 Å². The van der Waals surface area contributed by atoms with Crippen molar-refractivity contribution >= 4 is 11.8 Å². The summed E-state index contributed by atoms with van der Waals surface area (Å²) in [6.45, 7) is 5.38. The molecule has 2 amide bonds. The molecule has 3 rings (SSSR count). The van der Waals surface area contributed by atoms with Crippen LogP contribution in [0.15, 0.2) is 34.9 Å². The van der Waals surface area contributed by atoms with Crippen LogP contribution in [-0.4, -0.2) is 35.0 Å². The van der Waals surface area contributed by atoms with E-state index in [1.54, 1.807) is 11.0 Å². The number of aromatic nitrogens is 1. The number of benzene rings is 1. The van der Waals surface area contributed by atoms with Crippen LogP contribution in [0, 0.1) is 17.7 Å². The Balaban J connectivity index is 1.49. The van der Waals surface area contributed by atoms with E-state index in [0.717, 1.165) is 17.7 Å². The third kappa shape index (κ3) is 6.14. The van der Waals surface area contributed by atoms with E-state index in [-0.39, 0.29) is 30.1 Å². The lowest BCUT2D eigenvalue weighted by molar-refractivity contribution is -0.138. The predicted molar refractivity (Wildman–Crippen MR) is 106 cm³/mol. The van der Waals surface area contributed by atoms with Crippen molar-refractivity contribution in [3.8, 4) is 0 Å². The van der Waals surface area contributed by atoms with E-state index in [1.807, 2.05) is 12.1 Å². The average Bonchev–Trinajstić information content (AvgIpc) is 3.12. The van der Waals surface area contributed by atoms with Crippen LogP contribution in [0.3, 0.4) is 0 Å². The molecule has 0 saturated carbocycles. The maximum atomic E-state index is 13.3. The summed E-state index contributed by atoms with van der Waals surface area (Å²) >= 11 is 0. The van der Waals surface area contributed by atoms with E-state index in [0.29, 0.717) is 44.0 Å². The van der Waals surface area contributed by atoms with Crippen LogP contribution in [0.25, 0.3) is 0 Å². The van der Waals surface area contributed by atoms with Crippen molar-refractivity contribution in [1.29, 1.82) is 0 Å². The Morgan fingerprint density at radius 2 is 2.21 bits per heavy atom. The third-order valence-corrected chi connectivity index (χ3v) is 5.09. The van der Waals surface area contributed by atoms with Crippen molar-refractivity contribution in [1.82, 2.24) is 15.4 Å². The summed E-state index contributed by atoms with van der Waals surface area (Å²) in [4.78, 5) is 26.5. The number of carbonyl (C=O) groups is 2. The molecular formula is C22H28FN3O3. The van der Waals surface area contributed by atoms with Crippen LogP contribution in [-0.2, 0) is 29.0 Å². The van der Waals surface area contributed by atoms with Gasteiger partial charge < -0.3 is 14.7 Å². The molecule has 1 aromatic carbocycles. The van der Waals surface area contributed by atoms with Crippen LogP contribution < -0.4 is 5.32 Å². The molecule has 6 nitrogen and oxygen atoms in total. The number of likely N-dealkylation sites (tertiary alicyclic amines) is 1. The summed E-state index contributed by atoms with van der Waals surface area (Å²) in [5.41, 5.74) is 1.72. The van der Waals surface area contributed by atoms with E-state index < -0.39 is 0 Å². The second kappa shape index (κ2) is 9.67. The fourth-order valence-electron chi connectivity index (χ4n) is 3.57. The SMILES string of the molecule is CC(C)Cc1cc(CNC(=O)[C@@H]2CCC(=O)N(CCc3cccc(F)c3)C2)on1. The zero-order valence-corrected chi connectivity index (χ0v) is 17.0. The molecule has 0 spiro atoms. The summed E-state index contributed by atoms with van der Waals surface area (Å²) in [5, 5.41) is 6.91. The van der Waals surface area contributed by atoms with Gasteiger partial charge in [-0.25, -0.2) is 4.39 Å². The zero-order valence-electron chi connectivity index (χ0n) is 17.0. The maximum Gasteiger partial charge on any atom is 0.225 e. The highest BCUT2D eigenvalue weighted by atomic mass is 19.1. The first-order chi connectivity index (χ1) is 13.9. The topological polar surface area (TPSA) is 75.4 Å². The summed E-state index contributed by atoms with van der Waals surface area (Å²) in [6.07, 6.45) is 2.29. The van der Waals surface area contributed by atoms with Gasteiger partial charge in [-0.2, -0.15) is 0 Å². The molecule has 1 N–H and O–H groups in total. The largest absolute Gasteiger partial charge is 0.359 e. The molecule has 1 saturated heterocycles. The van der Waals surface area contributed by atoms with Gasteiger partial charge in [0.25, 0.3) is 0 Å². The Morgan fingerprint density at radius 3 is 2.97 bits per heavy atom. The van der Waals surface area contributed by atoms with Crippen molar-refractivity contribution in [3.63, 3.8) is 0 Å². The first-order valence-corrected chi connectivity index (χ1v) is 10.1. The van der Waals surface area contributed by atoms with Gasteiger partial charge >= 0.3 is 0 Å². The summed E-state index contributed by atoms with van der Waals surface area (Å²) < 4.78 is 18.6. The molecule has 7 heteroatoms. The monoisotopic (exact) mass is 401 g/mol. The lowest BCUT2D eigenvalue weighted by Gasteiger charge is -2.32. The minimum absolute atomic E-state index is 0.0408. The normalized spacial score (nSPS) is 17.0. The summed E-state index contributed by atoms with van der Waals surface area (Å²) in [5.74, 6) is 0.533. The zero-order chi connectivity index (χ0) is 20.8. The lowest BCUT2D eigenvalue weighted by atomic mass is 9.96. The molecule has 2 aromatic rings. The number of hydrogen-bond acceptors (Lipinski definition) is 4. The molecule has 0 aliphatic carbocycles. The molecule has 0 unspecified atom stereocenters. The van der Waals surface area contributed by atoms with Gasteiger partial charge in [-0.1, -0.05) is 31.1 Å². The minimum atomic E-state index is -0.284. The molecular weight excluding hydrogens is 373 g/mol. The quantitative estimate of drug-likeness (QED) is 0.738. The van der Waals surface area contributed by atoms with Gasteiger partial charge in [0, 0.05) is 25.6 Å². The second-order valence-corrected chi connectivity index (χ2v) is 8.06. The molecule has 1 atom stereocenters. The minimum Gasteiger partial charge on any atom is -0.359 e. The number of rotatable bonds is 8. The molecule has 1 aliphatic heterocycles. The number of nitrogens with one attached hydrogen (secondary N) is 1. The lowest BCUT2D eigenvalue weighted by Crippen LogP contribution is -2.46. The molecule has 2 heterocycles. The fraction of sp³-hybridized carbons (Fsp3) is 0.500. The van der Waals surface area contributed by atoms with Crippen molar-refractivity contribution in [3.05, 3.63) is 53.2 Å². The van der Waals surface area contributed by atoms with Gasteiger partial charge in [0.05, 0.1) is 18.2 Å². The Kier molecular flexibility index (Phi) is 7.01. The molecule has 156 valence electrons. The number of hydrogen-bond donors (Lipinski definition) is 1. The predicted octanol–water partition coefficient (Wildman–Crippen LogP) is 3.11. The number of nitrogens with zero attached hydrogens (tertiary/aromatic N) is 2. The first-order valence-electron chi connectivity index (χ1n) is 10.1. The van der Waals surface area contributed by atoms with E-state index in [1.165, 1.54) is 12.1 Å². The highest BCUT2D eigenvalue weighted by molar-refractivity contribution is 5.83. The van der Waals surface area contributed by atoms with Gasteiger partial charge in [0.15, 0.2) is 5.76 Å². The third-order valence-electron chi connectivity index (χ3n) is 5.09. The standard InChI is InChI=1S/C22H28FN3O3/c1-15(2)10-19-12-20(29-25-19)13-24-22(28)17-6-7-21(27)26(14-17)9-8-16-4-3-5-18(23)11-16/h3-5,11-12,15,17H,6-10,13-14H2,1-2H3,(H,24,28)/t17-/m1/s1. The average molecular weight is 401 g/mol. The Morgan fingerprint density at radius 1 is 1.38 bits per heavy atom. The molecule has 0 radical (unpaired) electrons. The highest BCUT2D eigenvalue weighted by Gasteiger charge is 2.30. The van der Waals surface area contributed by atoms with Crippen molar-refractivity contribution in [2.75, 3.05) is 13.1 Å². The van der Waals surface area contributed by atoms with Gasteiger partial charge in [-0.05, 0) is 42.9 Å². The van der Waals surface area contributed by atoms with Crippen LogP contribution in [0.2, 0.25) is 0 Å². The van der Waals surface area contributed by atoms with Gasteiger partial charge in [0.2, 0.25) is 11.8 Å². The number of amides is 2. The van der Waals surface area contributed by atoms with Crippen molar-refractivity contribution < 1.29 is 18.5 Å². The molecule has 1 aromatic heterocycles. The Bertz CT molecular complexity index is 849. The van der Waals surface area contributed by atoms with Crippen LogP contribution >= 0.6 is 0 Å². The highest BCUT2D eigenvalue weighted by Crippen LogP contribution is 2.19. The number of halogens is 1. The Hall–Kier alpha value is -2.70. The number of piperidine rings is 1. The van der Waals surface area contributed by atoms with Gasteiger partial charge in [0.1, 0.15) is 5.82 Å². The van der Waals surface area contributed by atoms with Crippen LogP contribution in [0.1, 0.15) is 43.7 Å². The summed E-state index contributed by atoms with van der Waals surface area (Å²) in [7, 11) is 0. The molecule has 0 bridgehead atoms. The van der Waals surface area contributed by atoms with Crippen molar-refractivity contribution in [2.24, 2.45) is 11.8 Å². The molecule has 1 aliphatic rings. The maximum absolute atomic E-state index is 13.3. The second-order valence-electron chi connectivity index (χ2n) is 8.06. The fourth-order valence-corrected chi connectivity index (χ4v) is 3.57. The number of carbonyl (C=O) groups excluding carboxylic acids is 2. The van der Waals surface area contributed by atoms with Crippen molar-refractivity contribution in [2.45, 2.75) is 46.1 Å². The Labute approximate surface area is 170 Å². The van der Waals surface area contributed by atoms with Gasteiger partial charge in [-0.15, -0.1) is 0 Å². The molecule has 29 heavy (non-hydrogen) atoms.